The molecule has 3 rings (SSSR count). The Labute approximate surface area is 125 Å². The highest BCUT2D eigenvalue weighted by Crippen LogP contribution is 2.26. The van der Waals surface area contributed by atoms with Gasteiger partial charge in [0, 0.05) is 11.2 Å². The lowest BCUT2D eigenvalue weighted by Gasteiger charge is -2.08. The van der Waals surface area contributed by atoms with Gasteiger partial charge in [0.1, 0.15) is 17.2 Å². The van der Waals surface area contributed by atoms with Gasteiger partial charge in [0.2, 0.25) is 0 Å². The summed E-state index contributed by atoms with van der Waals surface area (Å²) in [4.78, 5) is 8.73. The van der Waals surface area contributed by atoms with Gasteiger partial charge in [-0.15, -0.1) is 11.6 Å². The predicted octanol–water partition coefficient (Wildman–Crippen LogP) is 4.26. The van der Waals surface area contributed by atoms with Crippen molar-refractivity contribution >= 4 is 34.4 Å². The fourth-order valence-corrected chi connectivity index (χ4v) is 2.48. The Balaban J connectivity index is 2.37. The van der Waals surface area contributed by atoms with Crippen molar-refractivity contribution in [1.82, 2.24) is 14.5 Å². The van der Waals surface area contributed by atoms with E-state index >= 15 is 0 Å². The maximum Gasteiger partial charge on any atom is 0.165 e. The molecule has 0 aliphatic carbocycles. The molecule has 1 aromatic carbocycles. The minimum absolute atomic E-state index is 0.165. The van der Waals surface area contributed by atoms with Crippen molar-refractivity contribution in [2.24, 2.45) is 0 Å². The number of nitrogens with zero attached hydrogens (tertiary/aromatic N) is 3. The summed E-state index contributed by atoms with van der Waals surface area (Å²) in [5.41, 5.74) is 2.61. The summed E-state index contributed by atoms with van der Waals surface area (Å²) in [6.45, 7) is 1.93. The van der Waals surface area contributed by atoms with Crippen LogP contribution in [0.3, 0.4) is 0 Å². The van der Waals surface area contributed by atoms with Gasteiger partial charge < -0.3 is 0 Å². The van der Waals surface area contributed by atoms with Gasteiger partial charge in [-0.25, -0.2) is 14.4 Å². The van der Waals surface area contributed by atoms with Crippen molar-refractivity contribution < 1.29 is 4.39 Å². The first-order chi connectivity index (χ1) is 9.61. The highest BCUT2D eigenvalue weighted by molar-refractivity contribution is 6.30. The zero-order valence-electron chi connectivity index (χ0n) is 10.6. The first-order valence-corrected chi connectivity index (χ1v) is 6.87. The standard InChI is InChI=1S/C14H10Cl2FN3/c1-8-4-5-18-14-13(8)19-12(7-15)20(14)11-3-2-9(16)6-10(11)17/h2-6H,7H2,1H3. The lowest BCUT2D eigenvalue weighted by atomic mass is 10.2. The number of halogens is 3. The van der Waals surface area contributed by atoms with Gasteiger partial charge in [-0.1, -0.05) is 11.6 Å². The normalized spacial score (nSPS) is 11.2. The fourth-order valence-electron chi connectivity index (χ4n) is 2.14. The van der Waals surface area contributed by atoms with Crippen LogP contribution >= 0.6 is 23.2 Å². The van der Waals surface area contributed by atoms with Gasteiger partial charge in [-0.2, -0.15) is 0 Å². The second kappa shape index (κ2) is 5.04. The molecular weight excluding hydrogens is 300 g/mol. The van der Waals surface area contributed by atoms with Crippen molar-refractivity contribution in [2.45, 2.75) is 12.8 Å². The van der Waals surface area contributed by atoms with Crippen molar-refractivity contribution in [3.63, 3.8) is 0 Å². The maximum absolute atomic E-state index is 14.2. The molecule has 0 fully saturated rings. The molecular formula is C14H10Cl2FN3. The molecule has 20 heavy (non-hydrogen) atoms. The maximum atomic E-state index is 14.2. The van der Waals surface area contributed by atoms with Crippen LogP contribution in [0.15, 0.2) is 30.5 Å². The van der Waals surface area contributed by atoms with Crippen LogP contribution in [-0.4, -0.2) is 14.5 Å². The molecule has 0 aliphatic rings. The summed E-state index contributed by atoms with van der Waals surface area (Å²) in [6.07, 6.45) is 1.67. The summed E-state index contributed by atoms with van der Waals surface area (Å²) in [6, 6.07) is 6.34. The van der Waals surface area contributed by atoms with E-state index in [9.17, 15) is 4.39 Å². The van der Waals surface area contributed by atoms with Crippen LogP contribution in [0.5, 0.6) is 0 Å². The van der Waals surface area contributed by atoms with E-state index < -0.39 is 5.82 Å². The largest absolute Gasteiger partial charge is 0.277 e. The molecule has 0 unspecified atom stereocenters. The third-order valence-corrected chi connectivity index (χ3v) is 3.56. The smallest absolute Gasteiger partial charge is 0.165 e. The Kier molecular flexibility index (Phi) is 3.36. The molecule has 102 valence electrons. The van der Waals surface area contributed by atoms with Gasteiger partial charge in [-0.05, 0) is 36.8 Å². The second-order valence-corrected chi connectivity index (χ2v) is 5.10. The summed E-state index contributed by atoms with van der Waals surface area (Å²) in [5.74, 6) is 0.272. The third kappa shape index (κ3) is 2.05. The molecule has 0 N–H and O–H groups in total. The van der Waals surface area contributed by atoms with Crippen LogP contribution in [0.2, 0.25) is 5.02 Å². The van der Waals surface area contributed by atoms with Crippen LogP contribution in [0.1, 0.15) is 11.4 Å². The predicted molar refractivity (Wildman–Crippen MR) is 78.1 cm³/mol. The first kappa shape index (κ1) is 13.3. The van der Waals surface area contributed by atoms with E-state index in [-0.39, 0.29) is 5.88 Å². The fraction of sp³-hybridized carbons (Fsp3) is 0.143. The van der Waals surface area contributed by atoms with Gasteiger partial charge in [0.05, 0.1) is 11.6 Å². The quantitative estimate of drug-likeness (QED) is 0.662. The minimum Gasteiger partial charge on any atom is -0.277 e. The van der Waals surface area contributed by atoms with Crippen LogP contribution in [0.25, 0.3) is 16.9 Å². The molecule has 0 saturated carbocycles. The highest BCUT2D eigenvalue weighted by Gasteiger charge is 2.17. The summed E-state index contributed by atoms with van der Waals surface area (Å²) in [7, 11) is 0. The lowest BCUT2D eigenvalue weighted by molar-refractivity contribution is 0.617. The van der Waals surface area contributed by atoms with Gasteiger partial charge in [-0.3, -0.25) is 4.57 Å². The van der Waals surface area contributed by atoms with Crippen molar-refractivity contribution in [2.75, 3.05) is 0 Å². The lowest BCUT2D eigenvalue weighted by Crippen LogP contribution is -2.03. The van der Waals surface area contributed by atoms with Crippen LogP contribution < -0.4 is 0 Å². The number of pyridine rings is 1. The average molecular weight is 310 g/mol. The Bertz CT molecular complexity index is 798. The number of hydrogen-bond donors (Lipinski definition) is 0. The second-order valence-electron chi connectivity index (χ2n) is 4.39. The van der Waals surface area contributed by atoms with Crippen LogP contribution in [0.4, 0.5) is 4.39 Å². The number of fused-ring (bicyclic) bond motifs is 1. The summed E-state index contributed by atoms with van der Waals surface area (Å²) < 4.78 is 15.8. The van der Waals surface area contributed by atoms with Crippen LogP contribution in [0, 0.1) is 12.7 Å². The summed E-state index contributed by atoms with van der Waals surface area (Å²) in [5, 5.41) is 0.340. The van der Waals surface area contributed by atoms with Crippen molar-refractivity contribution in [3.05, 3.63) is 52.7 Å². The number of benzene rings is 1. The molecule has 0 aliphatic heterocycles. The number of alkyl halides is 1. The van der Waals surface area contributed by atoms with Gasteiger partial charge in [0.25, 0.3) is 0 Å². The first-order valence-electron chi connectivity index (χ1n) is 5.96. The van der Waals surface area contributed by atoms with Crippen LogP contribution in [-0.2, 0) is 5.88 Å². The van der Waals surface area contributed by atoms with E-state index in [1.165, 1.54) is 6.07 Å². The summed E-state index contributed by atoms with van der Waals surface area (Å²) >= 11 is 11.7. The van der Waals surface area contributed by atoms with E-state index in [4.69, 9.17) is 23.2 Å². The highest BCUT2D eigenvalue weighted by atomic mass is 35.5. The zero-order chi connectivity index (χ0) is 14.3. The molecule has 0 atom stereocenters. The molecule has 2 aromatic heterocycles. The SMILES string of the molecule is Cc1ccnc2c1nc(CCl)n2-c1ccc(Cl)cc1F. The molecule has 0 bridgehead atoms. The third-order valence-electron chi connectivity index (χ3n) is 3.09. The number of aromatic nitrogens is 3. The van der Waals surface area contributed by atoms with E-state index in [2.05, 4.69) is 9.97 Å². The molecule has 6 heteroatoms. The van der Waals surface area contributed by atoms with Gasteiger partial charge >= 0.3 is 0 Å². The van der Waals surface area contributed by atoms with Crippen molar-refractivity contribution in [3.8, 4) is 5.69 Å². The molecule has 0 radical (unpaired) electrons. The number of aryl methyl sites for hydroxylation is 1. The Morgan fingerprint density at radius 3 is 2.80 bits per heavy atom. The molecule has 0 spiro atoms. The van der Waals surface area contributed by atoms with E-state index in [0.717, 1.165) is 11.1 Å². The Morgan fingerprint density at radius 2 is 2.10 bits per heavy atom. The topological polar surface area (TPSA) is 30.7 Å². The molecule has 0 amide bonds. The van der Waals surface area contributed by atoms with Gasteiger partial charge in [0.15, 0.2) is 5.65 Å². The van der Waals surface area contributed by atoms with E-state index in [1.807, 2.05) is 13.0 Å². The Morgan fingerprint density at radius 1 is 1.30 bits per heavy atom. The Hall–Kier alpha value is -1.65. The minimum atomic E-state index is -0.438. The molecule has 0 saturated heterocycles. The monoisotopic (exact) mass is 309 g/mol. The molecule has 3 aromatic rings. The number of hydrogen-bond acceptors (Lipinski definition) is 2. The average Bonchev–Trinajstić information content (AvgIpc) is 2.79. The number of imidazole rings is 1. The van der Waals surface area contributed by atoms with E-state index in [1.54, 1.807) is 22.9 Å². The molecule has 2 heterocycles. The zero-order valence-corrected chi connectivity index (χ0v) is 12.1. The van der Waals surface area contributed by atoms with Crippen molar-refractivity contribution in [1.29, 1.82) is 0 Å². The molecule has 3 nitrogen and oxygen atoms in total. The van der Waals surface area contributed by atoms with E-state index in [0.29, 0.717) is 22.2 Å². The number of rotatable bonds is 2.